The van der Waals surface area contributed by atoms with Crippen molar-refractivity contribution in [2.24, 2.45) is 0 Å². The van der Waals surface area contributed by atoms with Gasteiger partial charge < -0.3 is 15.7 Å². The van der Waals surface area contributed by atoms with E-state index in [1.54, 1.807) is 48.5 Å². The Bertz CT molecular complexity index is 1530. The number of carbonyl (C=O) groups is 4. The Balaban J connectivity index is 1.51. The summed E-state index contributed by atoms with van der Waals surface area (Å²) in [6, 6.07) is 22.9. The smallest absolute Gasteiger partial charge is 0.337 e. The van der Waals surface area contributed by atoms with E-state index in [2.05, 4.69) is 10.6 Å². The molecule has 0 saturated carbocycles. The minimum atomic E-state index is -1.31. The van der Waals surface area contributed by atoms with Crippen LogP contribution in [-0.4, -0.2) is 28.7 Å². The van der Waals surface area contributed by atoms with E-state index < -0.39 is 17.7 Å². The fourth-order valence-electron chi connectivity index (χ4n) is 3.50. The molecule has 0 heterocycles. The molecule has 0 aliphatic heterocycles. The molecule has 0 aromatic heterocycles. The van der Waals surface area contributed by atoms with Crippen LogP contribution in [0.1, 0.15) is 47.0 Å². The lowest BCUT2D eigenvalue weighted by atomic mass is 10.00. The molecule has 3 N–H and O–H groups in total. The number of rotatable bonds is 7. The van der Waals surface area contributed by atoms with Crippen LogP contribution in [0.5, 0.6) is 0 Å². The van der Waals surface area contributed by atoms with Crippen LogP contribution in [-0.2, 0) is 0 Å². The number of amides is 2. The minimum Gasteiger partial charge on any atom is -0.478 e. The number of halogens is 2. The van der Waals surface area contributed by atoms with Crippen molar-refractivity contribution in [1.29, 1.82) is 0 Å². The maximum atomic E-state index is 13.0. The van der Waals surface area contributed by atoms with Crippen molar-refractivity contribution in [3.8, 4) is 0 Å². The van der Waals surface area contributed by atoms with Crippen molar-refractivity contribution in [3.05, 3.63) is 129 Å². The summed E-state index contributed by atoms with van der Waals surface area (Å²) in [5, 5.41) is 15.7. The molecule has 37 heavy (non-hydrogen) atoms. The highest BCUT2D eigenvalue weighted by atomic mass is 35.5. The van der Waals surface area contributed by atoms with E-state index in [1.807, 2.05) is 0 Å². The third-order valence-electron chi connectivity index (χ3n) is 5.34. The second-order valence-corrected chi connectivity index (χ2v) is 8.77. The first-order valence-corrected chi connectivity index (χ1v) is 11.6. The SMILES string of the molecule is O=C(Nc1ccc(C(=O)c2ccc(NC(=O)c3cccc(Cl)c3)c(C(=O)O)c2)cc1)c1cccc(Cl)c1. The zero-order valence-corrected chi connectivity index (χ0v) is 20.5. The maximum Gasteiger partial charge on any atom is 0.337 e. The third kappa shape index (κ3) is 6.22. The van der Waals surface area contributed by atoms with E-state index >= 15 is 0 Å². The molecule has 4 rings (SSSR count). The predicted octanol–water partition coefficient (Wildman–Crippen LogP) is 6.43. The molecule has 0 fully saturated rings. The summed E-state index contributed by atoms with van der Waals surface area (Å²) in [5.41, 5.74) is 1.30. The van der Waals surface area contributed by atoms with Gasteiger partial charge in [-0.05, 0) is 78.9 Å². The van der Waals surface area contributed by atoms with E-state index in [0.717, 1.165) is 0 Å². The zero-order chi connectivity index (χ0) is 26.5. The third-order valence-corrected chi connectivity index (χ3v) is 5.81. The van der Waals surface area contributed by atoms with Gasteiger partial charge in [-0.15, -0.1) is 0 Å². The highest BCUT2D eigenvalue weighted by Crippen LogP contribution is 2.22. The highest BCUT2D eigenvalue weighted by Gasteiger charge is 2.18. The molecule has 0 aliphatic carbocycles. The number of aromatic carboxylic acids is 1. The topological polar surface area (TPSA) is 113 Å². The summed E-state index contributed by atoms with van der Waals surface area (Å²) in [7, 11) is 0. The monoisotopic (exact) mass is 532 g/mol. The van der Waals surface area contributed by atoms with Gasteiger partial charge in [0.05, 0.1) is 11.3 Å². The number of carboxylic acids is 1. The van der Waals surface area contributed by atoms with Gasteiger partial charge in [0.2, 0.25) is 0 Å². The van der Waals surface area contributed by atoms with Crippen LogP contribution < -0.4 is 10.6 Å². The van der Waals surface area contributed by atoms with Crippen LogP contribution in [0.3, 0.4) is 0 Å². The number of carboxylic acid groups (broad SMARTS) is 1. The van der Waals surface area contributed by atoms with E-state index in [0.29, 0.717) is 21.3 Å². The van der Waals surface area contributed by atoms with Crippen LogP contribution in [0.15, 0.2) is 91.0 Å². The number of nitrogens with one attached hydrogen (secondary N) is 2. The molecule has 7 nitrogen and oxygen atoms in total. The molecule has 0 spiro atoms. The molecule has 9 heteroatoms. The predicted molar refractivity (Wildman–Crippen MR) is 142 cm³/mol. The Morgan fingerprint density at radius 2 is 1.14 bits per heavy atom. The second-order valence-electron chi connectivity index (χ2n) is 7.90. The first kappa shape index (κ1) is 25.6. The quantitative estimate of drug-likeness (QED) is 0.237. The molecule has 0 radical (unpaired) electrons. The number of ketones is 1. The Morgan fingerprint density at radius 1 is 0.595 bits per heavy atom. The Hall–Kier alpha value is -4.46. The van der Waals surface area contributed by atoms with Gasteiger partial charge in [-0.1, -0.05) is 35.3 Å². The van der Waals surface area contributed by atoms with Gasteiger partial charge in [-0.2, -0.15) is 0 Å². The van der Waals surface area contributed by atoms with Gasteiger partial charge in [0.15, 0.2) is 5.78 Å². The average Bonchev–Trinajstić information content (AvgIpc) is 2.88. The maximum absolute atomic E-state index is 13.0. The van der Waals surface area contributed by atoms with Crippen molar-refractivity contribution >= 4 is 58.1 Å². The number of hydrogen-bond donors (Lipinski definition) is 3. The largest absolute Gasteiger partial charge is 0.478 e. The van der Waals surface area contributed by atoms with Crippen LogP contribution in [0.25, 0.3) is 0 Å². The van der Waals surface area contributed by atoms with Crippen molar-refractivity contribution in [2.75, 3.05) is 10.6 Å². The molecular formula is C28H18Cl2N2O5. The first-order chi connectivity index (χ1) is 17.7. The summed E-state index contributed by atoms with van der Waals surface area (Å²) in [4.78, 5) is 49.8. The molecule has 0 bridgehead atoms. The van der Waals surface area contributed by atoms with E-state index in [4.69, 9.17) is 23.2 Å². The normalized spacial score (nSPS) is 10.4. The minimum absolute atomic E-state index is 0.0353. The van der Waals surface area contributed by atoms with Gasteiger partial charge in [-0.25, -0.2) is 4.79 Å². The summed E-state index contributed by atoms with van der Waals surface area (Å²) >= 11 is 11.8. The summed E-state index contributed by atoms with van der Waals surface area (Å²) < 4.78 is 0. The van der Waals surface area contributed by atoms with Crippen LogP contribution in [0.2, 0.25) is 10.0 Å². The van der Waals surface area contributed by atoms with Gasteiger partial charge in [0, 0.05) is 38.0 Å². The van der Waals surface area contributed by atoms with Crippen molar-refractivity contribution < 1.29 is 24.3 Å². The molecule has 4 aromatic rings. The summed E-state index contributed by atoms with van der Waals surface area (Å²) in [6.07, 6.45) is 0. The van der Waals surface area contributed by atoms with Crippen LogP contribution in [0, 0.1) is 0 Å². The first-order valence-electron chi connectivity index (χ1n) is 10.9. The van der Waals surface area contributed by atoms with Crippen LogP contribution >= 0.6 is 23.2 Å². The van der Waals surface area contributed by atoms with Crippen molar-refractivity contribution in [2.45, 2.75) is 0 Å². The molecule has 184 valence electrons. The Kier molecular flexibility index (Phi) is 7.67. The van der Waals surface area contributed by atoms with Gasteiger partial charge in [0.1, 0.15) is 0 Å². The lowest BCUT2D eigenvalue weighted by molar-refractivity contribution is 0.0697. The Labute approximate surface area is 221 Å². The van der Waals surface area contributed by atoms with Crippen molar-refractivity contribution in [3.63, 3.8) is 0 Å². The highest BCUT2D eigenvalue weighted by molar-refractivity contribution is 6.31. The van der Waals surface area contributed by atoms with Gasteiger partial charge >= 0.3 is 5.97 Å². The average molecular weight is 533 g/mol. The fraction of sp³-hybridized carbons (Fsp3) is 0. The molecule has 0 saturated heterocycles. The zero-order valence-electron chi connectivity index (χ0n) is 19.0. The molecule has 0 unspecified atom stereocenters. The number of hydrogen-bond acceptors (Lipinski definition) is 4. The fourth-order valence-corrected chi connectivity index (χ4v) is 3.88. The molecular weight excluding hydrogens is 515 g/mol. The summed E-state index contributed by atoms with van der Waals surface area (Å²) in [6.45, 7) is 0. The van der Waals surface area contributed by atoms with Crippen molar-refractivity contribution in [1.82, 2.24) is 0 Å². The van der Waals surface area contributed by atoms with Crippen LogP contribution in [0.4, 0.5) is 11.4 Å². The standard InChI is InChI=1S/C28H18Cl2N2O5/c29-20-5-1-3-18(13-20)26(34)31-22-10-7-16(8-11-22)25(33)17-9-12-24(23(15-17)28(36)37)32-27(35)19-4-2-6-21(30)14-19/h1-15H,(H,31,34)(H,32,35)(H,36,37). The lowest BCUT2D eigenvalue weighted by Gasteiger charge is -2.11. The lowest BCUT2D eigenvalue weighted by Crippen LogP contribution is -2.15. The molecule has 4 aromatic carbocycles. The molecule has 2 amide bonds. The van der Waals surface area contributed by atoms with E-state index in [9.17, 15) is 24.3 Å². The molecule has 0 aliphatic rings. The number of carbonyl (C=O) groups excluding carboxylic acids is 3. The van der Waals surface area contributed by atoms with E-state index in [1.165, 1.54) is 42.5 Å². The summed E-state index contributed by atoms with van der Waals surface area (Å²) in [5.74, 6) is -2.64. The number of anilines is 2. The number of benzene rings is 4. The molecule has 0 atom stereocenters. The van der Waals surface area contributed by atoms with Gasteiger partial charge in [-0.3, -0.25) is 14.4 Å². The second kappa shape index (κ2) is 11.1. The Morgan fingerprint density at radius 3 is 1.68 bits per heavy atom. The van der Waals surface area contributed by atoms with E-state index in [-0.39, 0.29) is 33.8 Å². The van der Waals surface area contributed by atoms with Gasteiger partial charge in [0.25, 0.3) is 11.8 Å².